The van der Waals surface area contributed by atoms with Crippen LogP contribution in [0.1, 0.15) is 24.7 Å². The standard InChI is InChI=1S/C12H13BrN4/c1-7-15-16-12(17(7)11-2-3-11)8-4-9(13)6-10(14)5-8/h4-6,11H,2-3,14H2,1H3. The first-order valence-electron chi connectivity index (χ1n) is 5.63. The molecule has 2 aromatic rings. The van der Waals surface area contributed by atoms with Gasteiger partial charge in [-0.25, -0.2) is 0 Å². The molecule has 0 aliphatic heterocycles. The Morgan fingerprint density at radius 2 is 2.06 bits per heavy atom. The van der Waals surface area contributed by atoms with Crippen LogP contribution in [0.15, 0.2) is 22.7 Å². The van der Waals surface area contributed by atoms with E-state index in [2.05, 4.69) is 30.7 Å². The quantitative estimate of drug-likeness (QED) is 0.866. The molecule has 0 atom stereocenters. The van der Waals surface area contributed by atoms with E-state index in [9.17, 15) is 0 Å². The molecule has 1 heterocycles. The van der Waals surface area contributed by atoms with Crippen molar-refractivity contribution in [1.29, 1.82) is 0 Å². The smallest absolute Gasteiger partial charge is 0.164 e. The first-order valence-corrected chi connectivity index (χ1v) is 6.42. The molecule has 1 saturated carbocycles. The number of nitrogens with zero attached hydrogens (tertiary/aromatic N) is 3. The van der Waals surface area contributed by atoms with Crippen molar-refractivity contribution in [3.05, 3.63) is 28.5 Å². The highest BCUT2D eigenvalue weighted by molar-refractivity contribution is 9.10. The van der Waals surface area contributed by atoms with Crippen LogP contribution in [0.2, 0.25) is 0 Å². The maximum absolute atomic E-state index is 5.86. The average Bonchev–Trinajstić information content (AvgIpc) is 3.01. The van der Waals surface area contributed by atoms with Crippen LogP contribution in [0.5, 0.6) is 0 Å². The molecule has 1 aromatic carbocycles. The number of rotatable bonds is 2. The van der Waals surface area contributed by atoms with Crippen molar-refractivity contribution in [3.8, 4) is 11.4 Å². The Morgan fingerprint density at radius 3 is 2.71 bits per heavy atom. The molecule has 88 valence electrons. The van der Waals surface area contributed by atoms with Gasteiger partial charge >= 0.3 is 0 Å². The zero-order chi connectivity index (χ0) is 12.0. The molecule has 5 heteroatoms. The zero-order valence-electron chi connectivity index (χ0n) is 9.52. The molecule has 1 aromatic heterocycles. The van der Waals surface area contributed by atoms with Gasteiger partial charge in [-0.3, -0.25) is 0 Å². The van der Waals surface area contributed by atoms with Gasteiger partial charge in [0.25, 0.3) is 0 Å². The van der Waals surface area contributed by atoms with Crippen molar-refractivity contribution >= 4 is 21.6 Å². The maximum Gasteiger partial charge on any atom is 0.164 e. The molecule has 0 bridgehead atoms. The van der Waals surface area contributed by atoms with Gasteiger partial charge in [-0.15, -0.1) is 10.2 Å². The molecule has 1 aliphatic carbocycles. The number of nitrogens with two attached hydrogens (primary N) is 1. The van der Waals surface area contributed by atoms with E-state index in [-0.39, 0.29) is 0 Å². The van der Waals surface area contributed by atoms with Crippen LogP contribution >= 0.6 is 15.9 Å². The number of hydrogen-bond acceptors (Lipinski definition) is 3. The summed E-state index contributed by atoms with van der Waals surface area (Å²) in [6.07, 6.45) is 2.44. The van der Waals surface area contributed by atoms with Crippen LogP contribution < -0.4 is 5.73 Å². The monoisotopic (exact) mass is 292 g/mol. The number of hydrogen-bond donors (Lipinski definition) is 1. The van der Waals surface area contributed by atoms with Crippen molar-refractivity contribution < 1.29 is 0 Å². The van der Waals surface area contributed by atoms with Crippen molar-refractivity contribution in [2.75, 3.05) is 5.73 Å². The predicted molar refractivity (Wildman–Crippen MR) is 70.6 cm³/mol. The minimum absolute atomic E-state index is 0.570. The lowest BCUT2D eigenvalue weighted by atomic mass is 10.2. The lowest BCUT2D eigenvalue weighted by Crippen LogP contribution is -2.00. The number of aryl methyl sites for hydroxylation is 1. The Kier molecular flexibility index (Phi) is 2.43. The largest absolute Gasteiger partial charge is 0.399 e. The Bertz CT molecular complexity index is 552. The van der Waals surface area contributed by atoms with Gasteiger partial charge in [-0.05, 0) is 38.0 Å². The molecule has 1 aliphatic rings. The second kappa shape index (κ2) is 3.84. The van der Waals surface area contributed by atoms with Gasteiger partial charge in [0.1, 0.15) is 5.82 Å². The fourth-order valence-corrected chi connectivity index (χ4v) is 2.59. The first kappa shape index (κ1) is 10.8. The number of nitrogen functional groups attached to an aromatic ring is 1. The zero-order valence-corrected chi connectivity index (χ0v) is 11.1. The third-order valence-corrected chi connectivity index (χ3v) is 3.41. The van der Waals surface area contributed by atoms with E-state index in [0.717, 1.165) is 27.4 Å². The third kappa shape index (κ3) is 1.95. The number of halogens is 1. The molecule has 0 amide bonds. The summed E-state index contributed by atoms with van der Waals surface area (Å²) in [7, 11) is 0. The summed E-state index contributed by atoms with van der Waals surface area (Å²) in [5.41, 5.74) is 7.61. The van der Waals surface area contributed by atoms with Crippen LogP contribution in [0.3, 0.4) is 0 Å². The van der Waals surface area contributed by atoms with Crippen molar-refractivity contribution in [2.24, 2.45) is 0 Å². The van der Waals surface area contributed by atoms with Crippen LogP contribution in [0.4, 0.5) is 5.69 Å². The molecule has 0 saturated heterocycles. The van der Waals surface area contributed by atoms with Crippen LogP contribution in [-0.2, 0) is 0 Å². The summed E-state index contributed by atoms with van der Waals surface area (Å²) in [5.74, 6) is 1.89. The van der Waals surface area contributed by atoms with Gasteiger partial charge < -0.3 is 10.3 Å². The van der Waals surface area contributed by atoms with E-state index in [4.69, 9.17) is 5.73 Å². The summed E-state index contributed by atoms with van der Waals surface area (Å²) < 4.78 is 3.18. The van der Waals surface area contributed by atoms with Gasteiger partial charge in [0, 0.05) is 21.8 Å². The first-order chi connectivity index (χ1) is 8.15. The lowest BCUT2D eigenvalue weighted by molar-refractivity contribution is 0.717. The number of anilines is 1. The molecular formula is C12H13BrN4. The van der Waals surface area contributed by atoms with E-state index in [1.807, 2.05) is 25.1 Å². The van der Waals surface area contributed by atoms with E-state index >= 15 is 0 Å². The predicted octanol–water partition coefficient (Wildman–Crippen LogP) is 2.93. The second-order valence-electron chi connectivity index (χ2n) is 4.45. The van der Waals surface area contributed by atoms with E-state index in [1.54, 1.807) is 0 Å². The minimum Gasteiger partial charge on any atom is -0.399 e. The number of aromatic nitrogens is 3. The van der Waals surface area contributed by atoms with Crippen molar-refractivity contribution in [1.82, 2.24) is 14.8 Å². The normalized spacial score (nSPS) is 15.2. The highest BCUT2D eigenvalue weighted by atomic mass is 79.9. The maximum atomic E-state index is 5.86. The summed E-state index contributed by atoms with van der Waals surface area (Å²) in [6, 6.07) is 6.42. The van der Waals surface area contributed by atoms with Gasteiger partial charge in [-0.2, -0.15) is 0 Å². The highest BCUT2D eigenvalue weighted by Gasteiger charge is 2.28. The third-order valence-electron chi connectivity index (χ3n) is 2.96. The molecule has 2 N–H and O–H groups in total. The Balaban J connectivity index is 2.14. The highest BCUT2D eigenvalue weighted by Crippen LogP contribution is 2.39. The van der Waals surface area contributed by atoms with Crippen molar-refractivity contribution in [3.63, 3.8) is 0 Å². The average molecular weight is 293 g/mol. The molecule has 0 spiro atoms. The molecule has 0 unspecified atom stereocenters. The van der Waals surface area contributed by atoms with Gasteiger partial charge in [0.15, 0.2) is 5.82 Å². The second-order valence-corrected chi connectivity index (χ2v) is 5.36. The molecular weight excluding hydrogens is 280 g/mol. The molecule has 4 nitrogen and oxygen atoms in total. The summed E-state index contributed by atoms with van der Waals surface area (Å²) in [6.45, 7) is 2.00. The Hall–Kier alpha value is -1.36. The summed E-state index contributed by atoms with van der Waals surface area (Å²) >= 11 is 3.46. The van der Waals surface area contributed by atoms with Crippen LogP contribution in [-0.4, -0.2) is 14.8 Å². The summed E-state index contributed by atoms with van der Waals surface area (Å²) in [4.78, 5) is 0. The minimum atomic E-state index is 0.570. The Morgan fingerprint density at radius 1 is 1.29 bits per heavy atom. The fraction of sp³-hybridized carbons (Fsp3) is 0.333. The van der Waals surface area contributed by atoms with E-state index in [1.165, 1.54) is 12.8 Å². The Labute approximate surface area is 108 Å². The SMILES string of the molecule is Cc1nnc(-c2cc(N)cc(Br)c2)n1C1CC1. The van der Waals surface area contributed by atoms with Crippen LogP contribution in [0, 0.1) is 6.92 Å². The fourth-order valence-electron chi connectivity index (χ4n) is 2.08. The number of benzene rings is 1. The van der Waals surface area contributed by atoms with E-state index < -0.39 is 0 Å². The molecule has 1 fully saturated rings. The van der Waals surface area contributed by atoms with Crippen molar-refractivity contribution in [2.45, 2.75) is 25.8 Å². The molecule has 0 radical (unpaired) electrons. The topological polar surface area (TPSA) is 56.7 Å². The lowest BCUT2D eigenvalue weighted by Gasteiger charge is -2.08. The summed E-state index contributed by atoms with van der Waals surface area (Å²) in [5, 5.41) is 8.44. The van der Waals surface area contributed by atoms with Gasteiger partial charge in [-0.1, -0.05) is 15.9 Å². The van der Waals surface area contributed by atoms with Gasteiger partial charge in [0.05, 0.1) is 0 Å². The molecule has 17 heavy (non-hydrogen) atoms. The van der Waals surface area contributed by atoms with Gasteiger partial charge in [0.2, 0.25) is 0 Å². The van der Waals surface area contributed by atoms with E-state index in [0.29, 0.717) is 6.04 Å². The van der Waals surface area contributed by atoms with Crippen LogP contribution in [0.25, 0.3) is 11.4 Å². The molecule has 3 rings (SSSR count).